The Balaban J connectivity index is 2.24. The molecule has 1 unspecified atom stereocenters. The molecule has 0 aromatic carbocycles. The van der Waals surface area contributed by atoms with Gasteiger partial charge < -0.3 is 16.0 Å². The summed E-state index contributed by atoms with van der Waals surface area (Å²) in [6.07, 6.45) is 2.15. The van der Waals surface area contributed by atoms with Crippen LogP contribution in [0, 0.1) is 5.92 Å². The van der Waals surface area contributed by atoms with Gasteiger partial charge in [0.25, 0.3) is 0 Å². The molecular formula is C10H19N3O2. The number of primary amides is 1. The largest absolute Gasteiger partial charge is 0.369 e. The minimum Gasteiger partial charge on any atom is -0.369 e. The van der Waals surface area contributed by atoms with E-state index in [1.807, 2.05) is 4.90 Å². The van der Waals surface area contributed by atoms with E-state index in [0.29, 0.717) is 5.92 Å². The predicted octanol–water partition coefficient (Wildman–Crippen LogP) is -0.680. The lowest BCUT2D eigenvalue weighted by Crippen LogP contribution is -2.43. The molecule has 5 nitrogen and oxygen atoms in total. The number of hydrogen-bond donors (Lipinski definition) is 2. The number of nitrogens with zero attached hydrogens (tertiary/aromatic N) is 1. The zero-order valence-electron chi connectivity index (χ0n) is 9.16. The van der Waals surface area contributed by atoms with Crippen molar-refractivity contribution in [2.75, 3.05) is 26.2 Å². The van der Waals surface area contributed by atoms with Crippen LogP contribution in [-0.4, -0.2) is 42.9 Å². The van der Waals surface area contributed by atoms with Gasteiger partial charge in [0.15, 0.2) is 0 Å². The van der Waals surface area contributed by atoms with E-state index >= 15 is 0 Å². The maximum Gasteiger partial charge on any atom is 0.231 e. The number of piperidine rings is 1. The van der Waals surface area contributed by atoms with Crippen molar-refractivity contribution >= 4 is 11.8 Å². The number of nitrogens with one attached hydrogen (secondary N) is 1. The zero-order valence-corrected chi connectivity index (χ0v) is 9.16. The van der Waals surface area contributed by atoms with E-state index in [1.165, 1.54) is 0 Å². The highest BCUT2D eigenvalue weighted by atomic mass is 16.2. The number of carbonyl (C=O) groups is 2. The summed E-state index contributed by atoms with van der Waals surface area (Å²) in [7, 11) is 0. The molecule has 0 spiro atoms. The van der Waals surface area contributed by atoms with Crippen molar-refractivity contribution in [2.24, 2.45) is 11.7 Å². The molecule has 2 amide bonds. The normalized spacial score (nSPS) is 21.4. The topological polar surface area (TPSA) is 75.4 Å². The second kappa shape index (κ2) is 5.70. The Morgan fingerprint density at radius 3 is 2.87 bits per heavy atom. The minimum absolute atomic E-state index is 0.134. The number of carbonyl (C=O) groups excluding carboxylic acids is 2. The fourth-order valence-corrected chi connectivity index (χ4v) is 1.92. The first kappa shape index (κ1) is 12.0. The standard InChI is InChI=1S/C10H19N3O2/c1-8(14)13-4-2-3-9(7-13)5-12-6-10(11)15/h9,12H,2-7H2,1H3,(H2,11,15). The highest BCUT2D eigenvalue weighted by Gasteiger charge is 2.20. The number of rotatable bonds is 4. The van der Waals surface area contributed by atoms with E-state index in [-0.39, 0.29) is 18.4 Å². The summed E-state index contributed by atoms with van der Waals surface area (Å²) >= 11 is 0. The van der Waals surface area contributed by atoms with Gasteiger partial charge in [-0.2, -0.15) is 0 Å². The fourth-order valence-electron chi connectivity index (χ4n) is 1.92. The molecule has 86 valence electrons. The van der Waals surface area contributed by atoms with Gasteiger partial charge >= 0.3 is 0 Å². The number of hydrogen-bond acceptors (Lipinski definition) is 3. The van der Waals surface area contributed by atoms with E-state index in [2.05, 4.69) is 5.32 Å². The first-order valence-electron chi connectivity index (χ1n) is 5.34. The van der Waals surface area contributed by atoms with Crippen LogP contribution in [0.5, 0.6) is 0 Å². The Kier molecular flexibility index (Phi) is 4.55. The van der Waals surface area contributed by atoms with Crippen LogP contribution in [0.1, 0.15) is 19.8 Å². The van der Waals surface area contributed by atoms with E-state index in [4.69, 9.17) is 5.73 Å². The van der Waals surface area contributed by atoms with Gasteiger partial charge in [0, 0.05) is 26.6 Å². The van der Waals surface area contributed by atoms with Crippen molar-refractivity contribution in [3.63, 3.8) is 0 Å². The summed E-state index contributed by atoms with van der Waals surface area (Å²) < 4.78 is 0. The van der Waals surface area contributed by atoms with Gasteiger partial charge in [-0.3, -0.25) is 9.59 Å². The molecule has 1 aliphatic rings. The number of nitrogens with two attached hydrogens (primary N) is 1. The van der Waals surface area contributed by atoms with E-state index in [9.17, 15) is 9.59 Å². The van der Waals surface area contributed by atoms with Gasteiger partial charge in [-0.05, 0) is 18.8 Å². The average Bonchev–Trinajstić information content (AvgIpc) is 2.17. The summed E-state index contributed by atoms with van der Waals surface area (Å²) in [6, 6.07) is 0. The molecule has 0 bridgehead atoms. The predicted molar refractivity (Wildman–Crippen MR) is 57.0 cm³/mol. The maximum absolute atomic E-state index is 11.2. The van der Waals surface area contributed by atoms with E-state index < -0.39 is 0 Å². The molecular weight excluding hydrogens is 194 g/mol. The summed E-state index contributed by atoms with van der Waals surface area (Å²) in [4.78, 5) is 23.5. The third-order valence-electron chi connectivity index (χ3n) is 2.70. The SMILES string of the molecule is CC(=O)N1CCCC(CNCC(N)=O)C1. The Morgan fingerprint density at radius 1 is 1.53 bits per heavy atom. The van der Waals surface area contributed by atoms with Crippen molar-refractivity contribution < 1.29 is 9.59 Å². The number of amides is 2. The quantitative estimate of drug-likeness (QED) is 0.649. The van der Waals surface area contributed by atoms with Crippen molar-refractivity contribution in [3.8, 4) is 0 Å². The van der Waals surface area contributed by atoms with Crippen LogP contribution >= 0.6 is 0 Å². The molecule has 1 heterocycles. The molecule has 1 saturated heterocycles. The molecule has 0 radical (unpaired) electrons. The highest BCUT2D eigenvalue weighted by Crippen LogP contribution is 2.15. The van der Waals surface area contributed by atoms with Gasteiger partial charge in [0.2, 0.25) is 11.8 Å². The zero-order chi connectivity index (χ0) is 11.3. The van der Waals surface area contributed by atoms with E-state index in [1.54, 1.807) is 6.92 Å². The van der Waals surface area contributed by atoms with Crippen molar-refractivity contribution in [1.29, 1.82) is 0 Å². The molecule has 1 atom stereocenters. The second-order valence-corrected chi connectivity index (χ2v) is 4.07. The molecule has 1 rings (SSSR count). The Bertz CT molecular complexity index is 243. The monoisotopic (exact) mass is 213 g/mol. The Morgan fingerprint density at radius 2 is 2.27 bits per heavy atom. The van der Waals surface area contributed by atoms with Gasteiger partial charge in [0.1, 0.15) is 0 Å². The molecule has 1 fully saturated rings. The van der Waals surface area contributed by atoms with Crippen LogP contribution < -0.4 is 11.1 Å². The lowest BCUT2D eigenvalue weighted by atomic mass is 9.98. The Labute approximate surface area is 90.0 Å². The van der Waals surface area contributed by atoms with Crippen molar-refractivity contribution in [3.05, 3.63) is 0 Å². The van der Waals surface area contributed by atoms with Crippen molar-refractivity contribution in [2.45, 2.75) is 19.8 Å². The van der Waals surface area contributed by atoms with Crippen molar-refractivity contribution in [1.82, 2.24) is 10.2 Å². The van der Waals surface area contributed by atoms with Crippen LogP contribution in [0.4, 0.5) is 0 Å². The first-order valence-corrected chi connectivity index (χ1v) is 5.34. The molecule has 0 aromatic heterocycles. The molecule has 0 saturated carbocycles. The second-order valence-electron chi connectivity index (χ2n) is 4.07. The van der Waals surface area contributed by atoms with Crippen LogP contribution in [0.25, 0.3) is 0 Å². The van der Waals surface area contributed by atoms with Crippen LogP contribution in [0.2, 0.25) is 0 Å². The molecule has 1 aliphatic heterocycles. The minimum atomic E-state index is -0.339. The molecule has 15 heavy (non-hydrogen) atoms. The van der Waals surface area contributed by atoms with Gasteiger partial charge in [-0.15, -0.1) is 0 Å². The third kappa shape index (κ3) is 4.29. The summed E-state index contributed by atoms with van der Waals surface area (Å²) in [5, 5.41) is 3.00. The van der Waals surface area contributed by atoms with Crippen LogP contribution in [0.15, 0.2) is 0 Å². The molecule has 5 heteroatoms. The van der Waals surface area contributed by atoms with E-state index in [0.717, 1.165) is 32.5 Å². The summed E-state index contributed by atoms with van der Waals surface area (Å²) in [6.45, 7) is 4.23. The smallest absolute Gasteiger partial charge is 0.231 e. The highest BCUT2D eigenvalue weighted by molar-refractivity contribution is 5.75. The third-order valence-corrected chi connectivity index (χ3v) is 2.70. The Hall–Kier alpha value is -1.10. The summed E-state index contributed by atoms with van der Waals surface area (Å²) in [5.74, 6) is 0.242. The summed E-state index contributed by atoms with van der Waals surface area (Å²) in [5.41, 5.74) is 5.02. The maximum atomic E-state index is 11.2. The molecule has 3 N–H and O–H groups in total. The lowest BCUT2D eigenvalue weighted by Gasteiger charge is -2.32. The molecule has 0 aliphatic carbocycles. The van der Waals surface area contributed by atoms with Crippen LogP contribution in [-0.2, 0) is 9.59 Å². The van der Waals surface area contributed by atoms with Gasteiger partial charge in [-0.1, -0.05) is 0 Å². The fraction of sp³-hybridized carbons (Fsp3) is 0.800. The van der Waals surface area contributed by atoms with Gasteiger partial charge in [-0.25, -0.2) is 0 Å². The lowest BCUT2D eigenvalue weighted by molar-refractivity contribution is -0.130. The van der Waals surface area contributed by atoms with Gasteiger partial charge in [0.05, 0.1) is 6.54 Å². The first-order chi connectivity index (χ1) is 7.09. The number of likely N-dealkylation sites (tertiary alicyclic amines) is 1. The molecule has 0 aromatic rings. The average molecular weight is 213 g/mol. The van der Waals surface area contributed by atoms with Crippen LogP contribution in [0.3, 0.4) is 0 Å².